The third kappa shape index (κ3) is 3.74. The molecule has 0 bridgehead atoms. The van der Waals surface area contributed by atoms with Crippen LogP contribution in [-0.4, -0.2) is 11.9 Å². The van der Waals surface area contributed by atoms with Crippen LogP contribution >= 0.6 is 15.9 Å². The Balaban J connectivity index is 2.57. The first-order chi connectivity index (χ1) is 7.54. The second-order valence-electron chi connectivity index (χ2n) is 4.05. The first-order valence-corrected chi connectivity index (χ1v) is 6.30. The summed E-state index contributed by atoms with van der Waals surface area (Å²) in [5.41, 5.74) is 0. The van der Waals surface area contributed by atoms with E-state index >= 15 is 0 Å². The van der Waals surface area contributed by atoms with Gasteiger partial charge in [0.2, 0.25) is 0 Å². The van der Waals surface area contributed by atoms with Crippen molar-refractivity contribution in [2.24, 2.45) is 11.8 Å². The average Bonchev–Trinajstić information content (AvgIpc) is 2.23. The molecule has 0 amide bonds. The predicted molar refractivity (Wildman–Crippen MR) is 64.0 cm³/mol. The Morgan fingerprint density at radius 3 is 2.44 bits per heavy atom. The van der Waals surface area contributed by atoms with E-state index < -0.39 is 11.6 Å². The van der Waals surface area contributed by atoms with Gasteiger partial charge in [-0.3, -0.25) is 0 Å². The van der Waals surface area contributed by atoms with E-state index in [1.165, 1.54) is 6.07 Å². The maximum Gasteiger partial charge on any atom is 0.162 e. The zero-order valence-corrected chi connectivity index (χ0v) is 10.9. The topological polar surface area (TPSA) is 9.23 Å². The average molecular weight is 293 g/mol. The summed E-state index contributed by atoms with van der Waals surface area (Å²) >= 11 is 3.40. The van der Waals surface area contributed by atoms with E-state index in [-0.39, 0.29) is 0 Å². The van der Waals surface area contributed by atoms with Crippen molar-refractivity contribution in [3.63, 3.8) is 0 Å². The lowest BCUT2D eigenvalue weighted by Gasteiger charge is -2.18. The van der Waals surface area contributed by atoms with E-state index in [1.807, 2.05) is 0 Å². The fraction of sp³-hybridized carbons (Fsp3) is 0.500. The minimum Gasteiger partial charge on any atom is -0.493 e. The van der Waals surface area contributed by atoms with Gasteiger partial charge in [0.05, 0.1) is 6.61 Å². The van der Waals surface area contributed by atoms with Crippen LogP contribution in [0.4, 0.5) is 8.78 Å². The monoisotopic (exact) mass is 292 g/mol. The van der Waals surface area contributed by atoms with Gasteiger partial charge in [0.15, 0.2) is 11.6 Å². The van der Waals surface area contributed by atoms with E-state index in [4.69, 9.17) is 4.74 Å². The molecular weight excluding hydrogens is 278 g/mol. The van der Waals surface area contributed by atoms with Gasteiger partial charge in [-0.1, -0.05) is 29.8 Å². The maximum absolute atomic E-state index is 12.9. The molecule has 16 heavy (non-hydrogen) atoms. The van der Waals surface area contributed by atoms with Gasteiger partial charge in [-0.15, -0.1) is 0 Å². The molecule has 0 N–H and O–H groups in total. The van der Waals surface area contributed by atoms with Gasteiger partial charge in [0, 0.05) is 17.3 Å². The number of hydrogen-bond acceptors (Lipinski definition) is 1. The molecule has 0 heterocycles. The Labute approximate surface area is 103 Å². The molecular formula is C12H15BrF2O. The summed E-state index contributed by atoms with van der Waals surface area (Å²) in [6, 6.07) is 3.58. The quantitative estimate of drug-likeness (QED) is 0.745. The molecule has 0 aliphatic carbocycles. The van der Waals surface area contributed by atoms with E-state index in [1.54, 1.807) is 0 Å². The number of benzene rings is 1. The first-order valence-electron chi connectivity index (χ1n) is 5.18. The standard InChI is InChI=1S/C12H15BrF2O/c1-8(2)9(6-13)7-16-10-3-4-11(14)12(15)5-10/h3-5,8-9H,6-7H2,1-2H3. The molecule has 1 aromatic rings. The fourth-order valence-corrected chi connectivity index (χ4v) is 2.12. The fourth-order valence-electron chi connectivity index (χ4n) is 1.19. The van der Waals surface area contributed by atoms with Crippen LogP contribution in [0.2, 0.25) is 0 Å². The molecule has 0 spiro atoms. The summed E-state index contributed by atoms with van der Waals surface area (Å²) in [4.78, 5) is 0. The lowest BCUT2D eigenvalue weighted by molar-refractivity contribution is 0.226. The highest BCUT2D eigenvalue weighted by Crippen LogP contribution is 2.19. The van der Waals surface area contributed by atoms with E-state index in [0.717, 1.165) is 17.5 Å². The highest BCUT2D eigenvalue weighted by Gasteiger charge is 2.13. The number of rotatable bonds is 5. The second-order valence-corrected chi connectivity index (χ2v) is 4.69. The third-order valence-corrected chi connectivity index (χ3v) is 3.33. The Kier molecular flexibility index (Phi) is 5.19. The minimum atomic E-state index is -0.877. The summed E-state index contributed by atoms with van der Waals surface area (Å²) in [7, 11) is 0. The molecule has 1 aromatic carbocycles. The van der Waals surface area contributed by atoms with Crippen molar-refractivity contribution >= 4 is 15.9 Å². The summed E-state index contributed by atoms with van der Waals surface area (Å²) in [6.45, 7) is 4.69. The summed E-state index contributed by atoms with van der Waals surface area (Å²) in [5, 5.41) is 0.828. The molecule has 1 unspecified atom stereocenters. The zero-order chi connectivity index (χ0) is 12.1. The van der Waals surface area contributed by atoms with Crippen LogP contribution in [0, 0.1) is 23.5 Å². The van der Waals surface area contributed by atoms with Gasteiger partial charge >= 0.3 is 0 Å². The normalized spacial score (nSPS) is 12.9. The molecule has 0 aromatic heterocycles. The Bertz CT molecular complexity index is 342. The van der Waals surface area contributed by atoms with E-state index in [9.17, 15) is 8.78 Å². The smallest absolute Gasteiger partial charge is 0.162 e. The molecule has 1 atom stereocenters. The van der Waals surface area contributed by atoms with Crippen LogP contribution in [0.15, 0.2) is 18.2 Å². The lowest BCUT2D eigenvalue weighted by atomic mass is 9.99. The minimum absolute atomic E-state index is 0.355. The van der Waals surface area contributed by atoms with Crippen LogP contribution in [0.1, 0.15) is 13.8 Å². The number of ether oxygens (including phenoxy) is 1. The largest absolute Gasteiger partial charge is 0.493 e. The van der Waals surface area contributed by atoms with Crippen LogP contribution in [-0.2, 0) is 0 Å². The molecule has 1 rings (SSSR count). The van der Waals surface area contributed by atoms with E-state index in [0.29, 0.717) is 24.2 Å². The number of alkyl halides is 1. The molecule has 0 radical (unpaired) electrons. The van der Waals surface area contributed by atoms with Crippen molar-refractivity contribution in [3.05, 3.63) is 29.8 Å². The second kappa shape index (κ2) is 6.18. The molecule has 0 saturated carbocycles. The van der Waals surface area contributed by atoms with Gasteiger partial charge < -0.3 is 4.74 Å². The highest BCUT2D eigenvalue weighted by atomic mass is 79.9. The van der Waals surface area contributed by atoms with Gasteiger partial charge in [-0.25, -0.2) is 8.78 Å². The van der Waals surface area contributed by atoms with Gasteiger partial charge in [0.1, 0.15) is 5.75 Å². The highest BCUT2D eigenvalue weighted by molar-refractivity contribution is 9.09. The molecule has 0 aliphatic rings. The van der Waals surface area contributed by atoms with Gasteiger partial charge in [-0.2, -0.15) is 0 Å². The van der Waals surface area contributed by atoms with Gasteiger partial charge in [-0.05, 0) is 18.1 Å². The molecule has 0 saturated heterocycles. The number of hydrogen-bond donors (Lipinski definition) is 0. The van der Waals surface area contributed by atoms with Crippen molar-refractivity contribution in [2.75, 3.05) is 11.9 Å². The van der Waals surface area contributed by atoms with Crippen molar-refractivity contribution in [3.8, 4) is 5.75 Å². The van der Waals surface area contributed by atoms with Crippen molar-refractivity contribution in [1.29, 1.82) is 0 Å². The number of halogens is 3. The van der Waals surface area contributed by atoms with Crippen LogP contribution < -0.4 is 4.74 Å². The summed E-state index contributed by atoms with van der Waals surface area (Å²) < 4.78 is 31.0. The summed E-state index contributed by atoms with van der Waals surface area (Å²) in [5.74, 6) is -0.533. The third-order valence-electron chi connectivity index (χ3n) is 2.50. The molecule has 0 fully saturated rings. The van der Waals surface area contributed by atoms with Crippen LogP contribution in [0.5, 0.6) is 5.75 Å². The Morgan fingerprint density at radius 2 is 1.94 bits per heavy atom. The van der Waals surface area contributed by atoms with Crippen molar-refractivity contribution in [1.82, 2.24) is 0 Å². The summed E-state index contributed by atoms with van der Waals surface area (Å²) in [6.07, 6.45) is 0. The van der Waals surface area contributed by atoms with Crippen molar-refractivity contribution in [2.45, 2.75) is 13.8 Å². The van der Waals surface area contributed by atoms with Crippen molar-refractivity contribution < 1.29 is 13.5 Å². The van der Waals surface area contributed by atoms with E-state index in [2.05, 4.69) is 29.8 Å². The Hall–Kier alpha value is -0.640. The molecule has 90 valence electrons. The zero-order valence-electron chi connectivity index (χ0n) is 9.34. The predicted octanol–water partition coefficient (Wildman–Crippen LogP) is 4.01. The van der Waals surface area contributed by atoms with Crippen LogP contribution in [0.3, 0.4) is 0 Å². The van der Waals surface area contributed by atoms with Gasteiger partial charge in [0.25, 0.3) is 0 Å². The SMILES string of the molecule is CC(C)C(CBr)COc1ccc(F)c(F)c1. The molecule has 4 heteroatoms. The lowest BCUT2D eigenvalue weighted by Crippen LogP contribution is -2.19. The maximum atomic E-state index is 12.9. The Morgan fingerprint density at radius 1 is 1.25 bits per heavy atom. The molecule has 0 aliphatic heterocycles. The van der Waals surface area contributed by atoms with Crippen LogP contribution in [0.25, 0.3) is 0 Å². The molecule has 1 nitrogen and oxygen atoms in total. The first kappa shape index (κ1) is 13.4.